The van der Waals surface area contributed by atoms with Gasteiger partial charge in [-0.2, -0.15) is 0 Å². The van der Waals surface area contributed by atoms with Gasteiger partial charge in [0.2, 0.25) is 0 Å². The van der Waals surface area contributed by atoms with Crippen LogP contribution in [0.5, 0.6) is 5.75 Å². The molecular formula is C14H15BrO2S. The van der Waals surface area contributed by atoms with Gasteiger partial charge >= 0.3 is 0 Å². The van der Waals surface area contributed by atoms with E-state index < -0.39 is 6.10 Å². The Hall–Kier alpha value is -0.840. The van der Waals surface area contributed by atoms with Crippen molar-refractivity contribution in [3.8, 4) is 5.75 Å². The highest BCUT2D eigenvalue weighted by molar-refractivity contribution is 9.11. The van der Waals surface area contributed by atoms with Crippen molar-refractivity contribution in [3.05, 3.63) is 49.6 Å². The molecular weight excluding hydrogens is 312 g/mol. The molecule has 0 radical (unpaired) electrons. The Balaban J connectivity index is 2.40. The fourth-order valence-electron chi connectivity index (χ4n) is 2.10. The van der Waals surface area contributed by atoms with E-state index >= 15 is 0 Å². The smallest absolute Gasteiger partial charge is 0.124 e. The van der Waals surface area contributed by atoms with E-state index in [4.69, 9.17) is 4.74 Å². The number of aliphatic hydroxyl groups is 1. The molecule has 0 saturated heterocycles. The number of rotatable bonds is 3. The van der Waals surface area contributed by atoms with Crippen LogP contribution < -0.4 is 4.74 Å². The first kappa shape index (κ1) is 13.6. The van der Waals surface area contributed by atoms with Gasteiger partial charge in [0.15, 0.2) is 0 Å². The van der Waals surface area contributed by atoms with Gasteiger partial charge in [0.1, 0.15) is 11.9 Å². The number of ether oxygens (including phenoxy) is 1. The first-order valence-corrected chi connectivity index (χ1v) is 7.22. The highest BCUT2D eigenvalue weighted by Crippen LogP contribution is 2.34. The summed E-state index contributed by atoms with van der Waals surface area (Å²) in [6.45, 7) is 3.98. The maximum Gasteiger partial charge on any atom is 0.124 e. The standard InChI is InChI=1S/C14H15BrO2S/c1-8-6-10(7-9(2)14(8)17-3)13(16)11-4-5-12(15)18-11/h4-7,13,16H,1-3H3. The molecule has 0 aliphatic rings. The highest BCUT2D eigenvalue weighted by Gasteiger charge is 2.15. The van der Waals surface area contributed by atoms with Crippen molar-refractivity contribution in [2.45, 2.75) is 20.0 Å². The van der Waals surface area contributed by atoms with Crippen LogP contribution in [0.15, 0.2) is 28.1 Å². The third-order valence-corrected chi connectivity index (χ3v) is 4.54. The maximum atomic E-state index is 10.4. The van der Waals surface area contributed by atoms with Gasteiger partial charge in [0.25, 0.3) is 0 Å². The van der Waals surface area contributed by atoms with Gasteiger partial charge in [0.05, 0.1) is 10.9 Å². The molecule has 1 atom stereocenters. The molecule has 0 bridgehead atoms. The summed E-state index contributed by atoms with van der Waals surface area (Å²) in [4.78, 5) is 0.936. The fraction of sp³-hybridized carbons (Fsp3) is 0.286. The highest BCUT2D eigenvalue weighted by atomic mass is 79.9. The van der Waals surface area contributed by atoms with E-state index in [1.54, 1.807) is 18.4 Å². The molecule has 1 heterocycles. The van der Waals surface area contributed by atoms with E-state index in [2.05, 4.69) is 15.9 Å². The van der Waals surface area contributed by atoms with Gasteiger partial charge in [-0.05, 0) is 70.7 Å². The summed E-state index contributed by atoms with van der Waals surface area (Å²) in [6, 6.07) is 7.84. The first-order valence-electron chi connectivity index (χ1n) is 5.61. The monoisotopic (exact) mass is 326 g/mol. The van der Waals surface area contributed by atoms with Gasteiger partial charge in [-0.1, -0.05) is 0 Å². The Morgan fingerprint density at radius 2 is 1.83 bits per heavy atom. The van der Waals surface area contributed by atoms with Crippen LogP contribution in [-0.4, -0.2) is 12.2 Å². The first-order chi connectivity index (χ1) is 8.52. The summed E-state index contributed by atoms with van der Waals surface area (Å²) in [7, 11) is 1.67. The van der Waals surface area contributed by atoms with Gasteiger partial charge in [-0.15, -0.1) is 11.3 Å². The number of benzene rings is 1. The van der Waals surface area contributed by atoms with Crippen molar-refractivity contribution < 1.29 is 9.84 Å². The zero-order valence-electron chi connectivity index (χ0n) is 10.5. The van der Waals surface area contributed by atoms with Crippen LogP contribution in [0, 0.1) is 13.8 Å². The molecule has 1 aromatic heterocycles. The average molecular weight is 327 g/mol. The minimum Gasteiger partial charge on any atom is -0.496 e. The summed E-state index contributed by atoms with van der Waals surface area (Å²) in [5.41, 5.74) is 2.99. The molecule has 1 unspecified atom stereocenters. The molecule has 0 saturated carbocycles. The van der Waals surface area contributed by atoms with Gasteiger partial charge in [-0.25, -0.2) is 0 Å². The normalized spacial score (nSPS) is 12.5. The lowest BCUT2D eigenvalue weighted by atomic mass is 10.0. The summed E-state index contributed by atoms with van der Waals surface area (Å²) in [5, 5.41) is 10.4. The summed E-state index contributed by atoms with van der Waals surface area (Å²) < 4.78 is 6.36. The molecule has 1 aromatic carbocycles. The van der Waals surface area contributed by atoms with E-state index in [9.17, 15) is 5.11 Å². The van der Waals surface area contributed by atoms with Crippen LogP contribution in [0.1, 0.15) is 27.7 Å². The zero-order chi connectivity index (χ0) is 13.3. The molecule has 1 N–H and O–H groups in total. The quantitative estimate of drug-likeness (QED) is 0.915. The van der Waals surface area contributed by atoms with E-state index in [1.807, 2.05) is 38.1 Å². The molecule has 0 aliphatic heterocycles. The Morgan fingerprint density at radius 1 is 1.22 bits per heavy atom. The Bertz CT molecular complexity index is 540. The third-order valence-electron chi connectivity index (χ3n) is 2.87. The number of thiophene rings is 1. The van der Waals surface area contributed by atoms with Crippen LogP contribution in [-0.2, 0) is 0 Å². The summed E-state index contributed by atoms with van der Waals surface area (Å²) >= 11 is 4.96. The number of methoxy groups -OCH3 is 1. The van der Waals surface area contributed by atoms with Gasteiger partial charge in [-0.3, -0.25) is 0 Å². The van der Waals surface area contributed by atoms with Crippen molar-refractivity contribution in [1.29, 1.82) is 0 Å². The molecule has 4 heteroatoms. The van der Waals surface area contributed by atoms with Crippen LogP contribution in [0.25, 0.3) is 0 Å². The van der Waals surface area contributed by atoms with Gasteiger partial charge < -0.3 is 9.84 Å². The SMILES string of the molecule is COc1c(C)cc(C(O)c2ccc(Br)s2)cc1C. The van der Waals surface area contributed by atoms with Crippen molar-refractivity contribution >= 4 is 27.3 Å². The van der Waals surface area contributed by atoms with Crippen molar-refractivity contribution in [2.75, 3.05) is 7.11 Å². The lowest BCUT2D eigenvalue weighted by molar-refractivity contribution is 0.224. The number of halogens is 1. The number of aliphatic hydroxyl groups excluding tert-OH is 1. The van der Waals surface area contributed by atoms with Crippen LogP contribution in [0.4, 0.5) is 0 Å². The molecule has 0 spiro atoms. The second-order valence-corrected chi connectivity index (χ2v) is 6.73. The van der Waals surface area contributed by atoms with Crippen LogP contribution in [0.2, 0.25) is 0 Å². The third kappa shape index (κ3) is 2.60. The molecule has 0 aliphatic carbocycles. The lowest BCUT2D eigenvalue weighted by Gasteiger charge is -2.14. The number of hydrogen-bond acceptors (Lipinski definition) is 3. The Labute approximate surface area is 119 Å². The van der Waals surface area contributed by atoms with Crippen molar-refractivity contribution in [3.63, 3.8) is 0 Å². The van der Waals surface area contributed by atoms with Crippen molar-refractivity contribution in [1.82, 2.24) is 0 Å². The van der Waals surface area contributed by atoms with Crippen molar-refractivity contribution in [2.24, 2.45) is 0 Å². The number of hydrogen-bond donors (Lipinski definition) is 1. The van der Waals surface area contributed by atoms with E-state index in [-0.39, 0.29) is 0 Å². The lowest BCUT2D eigenvalue weighted by Crippen LogP contribution is -2.00. The topological polar surface area (TPSA) is 29.5 Å². The molecule has 0 amide bonds. The second kappa shape index (κ2) is 5.43. The molecule has 2 aromatic rings. The van der Waals surface area contributed by atoms with E-state index in [0.717, 1.165) is 31.1 Å². The molecule has 18 heavy (non-hydrogen) atoms. The Kier molecular flexibility index (Phi) is 4.10. The Morgan fingerprint density at radius 3 is 2.28 bits per heavy atom. The summed E-state index contributed by atoms with van der Waals surface area (Å²) in [5.74, 6) is 0.887. The molecule has 2 nitrogen and oxygen atoms in total. The second-order valence-electron chi connectivity index (χ2n) is 4.23. The largest absolute Gasteiger partial charge is 0.496 e. The van der Waals surface area contributed by atoms with E-state index in [0.29, 0.717) is 0 Å². The van der Waals surface area contributed by atoms with Gasteiger partial charge in [0, 0.05) is 4.88 Å². The average Bonchev–Trinajstić information content (AvgIpc) is 2.74. The minimum atomic E-state index is -0.579. The predicted octanol–water partition coefficient (Wildman–Crippen LogP) is 4.22. The summed E-state index contributed by atoms with van der Waals surface area (Å²) in [6.07, 6.45) is -0.579. The minimum absolute atomic E-state index is 0.579. The molecule has 2 rings (SSSR count). The fourth-order valence-corrected chi connectivity index (χ4v) is 3.54. The van der Waals surface area contributed by atoms with Crippen LogP contribution >= 0.6 is 27.3 Å². The van der Waals surface area contributed by atoms with Crippen LogP contribution in [0.3, 0.4) is 0 Å². The van der Waals surface area contributed by atoms with E-state index in [1.165, 1.54) is 0 Å². The molecule has 96 valence electrons. The molecule has 0 fully saturated rings. The maximum absolute atomic E-state index is 10.4. The number of aryl methyl sites for hydroxylation is 2. The zero-order valence-corrected chi connectivity index (χ0v) is 12.9. The predicted molar refractivity (Wildman–Crippen MR) is 78.5 cm³/mol.